The molecule has 0 saturated heterocycles. The quantitative estimate of drug-likeness (QED) is 0.610. The van der Waals surface area contributed by atoms with Crippen molar-refractivity contribution in [2.24, 2.45) is 5.92 Å². The van der Waals surface area contributed by atoms with E-state index < -0.39 is 12.1 Å². The average Bonchev–Trinajstić information content (AvgIpc) is 2.68. The molecule has 0 spiro atoms. The van der Waals surface area contributed by atoms with Gasteiger partial charge < -0.3 is 20.7 Å². The highest BCUT2D eigenvalue weighted by molar-refractivity contribution is 5.92. The van der Waals surface area contributed by atoms with Crippen molar-refractivity contribution in [1.82, 2.24) is 16.0 Å². The average molecular weight is 404 g/mol. The highest BCUT2D eigenvalue weighted by Gasteiger charge is 2.26. The Kier molecular flexibility index (Phi) is 8.49. The molecule has 0 aliphatic heterocycles. The van der Waals surface area contributed by atoms with Crippen LogP contribution in [0.25, 0.3) is 0 Å². The SMILES string of the molecule is CC(C)NC(=O)NCc1ccc(C(=O)O[C@H](C)C(=O)N[C@H]2CCCC[C@@H]2C)cc1. The lowest BCUT2D eigenvalue weighted by Gasteiger charge is -2.30. The molecule has 0 heterocycles. The topological polar surface area (TPSA) is 96.5 Å². The van der Waals surface area contributed by atoms with Crippen LogP contribution in [0, 0.1) is 5.92 Å². The molecule has 3 atom stereocenters. The molecule has 2 rings (SSSR count). The second-order valence-electron chi connectivity index (χ2n) is 8.10. The lowest BCUT2D eigenvalue weighted by atomic mass is 9.86. The first-order valence-corrected chi connectivity index (χ1v) is 10.4. The van der Waals surface area contributed by atoms with Gasteiger partial charge in [0.1, 0.15) is 0 Å². The molecule has 1 aromatic rings. The Balaban J connectivity index is 1.81. The fourth-order valence-corrected chi connectivity index (χ4v) is 3.37. The largest absolute Gasteiger partial charge is 0.449 e. The smallest absolute Gasteiger partial charge is 0.338 e. The van der Waals surface area contributed by atoms with Crippen molar-refractivity contribution in [3.8, 4) is 0 Å². The normalized spacial score (nSPS) is 19.9. The third-order valence-electron chi connectivity index (χ3n) is 5.15. The molecule has 29 heavy (non-hydrogen) atoms. The first-order chi connectivity index (χ1) is 13.8. The lowest BCUT2D eigenvalue weighted by molar-refractivity contribution is -0.130. The highest BCUT2D eigenvalue weighted by Crippen LogP contribution is 2.23. The van der Waals surface area contributed by atoms with Gasteiger partial charge in [-0.05, 0) is 57.2 Å². The van der Waals surface area contributed by atoms with Gasteiger partial charge in [-0.15, -0.1) is 0 Å². The van der Waals surface area contributed by atoms with Crippen molar-refractivity contribution >= 4 is 17.9 Å². The van der Waals surface area contributed by atoms with Gasteiger partial charge in [0.2, 0.25) is 0 Å². The van der Waals surface area contributed by atoms with E-state index in [-0.39, 0.29) is 24.0 Å². The Labute approximate surface area is 173 Å². The van der Waals surface area contributed by atoms with Crippen LogP contribution in [-0.4, -0.2) is 36.1 Å². The molecule has 1 saturated carbocycles. The molecule has 3 N–H and O–H groups in total. The minimum Gasteiger partial charge on any atom is -0.449 e. The number of rotatable bonds is 7. The maximum Gasteiger partial charge on any atom is 0.338 e. The number of carbonyl (C=O) groups excluding carboxylic acids is 3. The number of carbonyl (C=O) groups is 3. The van der Waals surface area contributed by atoms with E-state index in [0.717, 1.165) is 24.8 Å². The van der Waals surface area contributed by atoms with E-state index in [0.29, 0.717) is 18.0 Å². The van der Waals surface area contributed by atoms with Gasteiger partial charge in [-0.3, -0.25) is 4.79 Å². The second-order valence-corrected chi connectivity index (χ2v) is 8.10. The van der Waals surface area contributed by atoms with Crippen molar-refractivity contribution < 1.29 is 19.1 Å². The predicted molar refractivity (Wildman–Crippen MR) is 111 cm³/mol. The summed E-state index contributed by atoms with van der Waals surface area (Å²) < 4.78 is 5.33. The van der Waals surface area contributed by atoms with Crippen LogP contribution in [-0.2, 0) is 16.1 Å². The summed E-state index contributed by atoms with van der Waals surface area (Å²) in [7, 11) is 0. The van der Waals surface area contributed by atoms with Crippen LogP contribution in [0.1, 0.15) is 69.3 Å². The number of esters is 1. The van der Waals surface area contributed by atoms with Gasteiger partial charge in [0.15, 0.2) is 6.10 Å². The second kappa shape index (κ2) is 10.8. The Bertz CT molecular complexity index is 703. The third-order valence-corrected chi connectivity index (χ3v) is 5.15. The van der Waals surface area contributed by atoms with E-state index in [1.54, 1.807) is 31.2 Å². The van der Waals surface area contributed by atoms with Gasteiger partial charge in [0.05, 0.1) is 5.56 Å². The van der Waals surface area contributed by atoms with E-state index in [2.05, 4.69) is 22.9 Å². The summed E-state index contributed by atoms with van der Waals surface area (Å²) >= 11 is 0. The lowest BCUT2D eigenvalue weighted by Crippen LogP contribution is -2.45. The minimum atomic E-state index is -0.849. The van der Waals surface area contributed by atoms with Gasteiger partial charge in [-0.1, -0.05) is 31.9 Å². The molecule has 0 aromatic heterocycles. The van der Waals surface area contributed by atoms with Crippen LogP contribution >= 0.6 is 0 Å². The molecule has 1 aromatic carbocycles. The van der Waals surface area contributed by atoms with E-state index in [1.807, 2.05) is 13.8 Å². The summed E-state index contributed by atoms with van der Waals surface area (Å²) in [5, 5.41) is 8.51. The molecule has 0 unspecified atom stereocenters. The maximum absolute atomic E-state index is 12.4. The Morgan fingerprint density at radius 3 is 2.34 bits per heavy atom. The van der Waals surface area contributed by atoms with Crippen molar-refractivity contribution in [1.29, 1.82) is 0 Å². The monoisotopic (exact) mass is 403 g/mol. The predicted octanol–water partition coefficient (Wildman–Crippen LogP) is 3.13. The number of nitrogens with one attached hydrogen (secondary N) is 3. The number of hydrogen-bond donors (Lipinski definition) is 3. The summed E-state index contributed by atoms with van der Waals surface area (Å²) in [6.45, 7) is 7.86. The Morgan fingerprint density at radius 2 is 1.72 bits per heavy atom. The van der Waals surface area contributed by atoms with Gasteiger partial charge in [0, 0.05) is 18.6 Å². The molecule has 0 bridgehead atoms. The van der Waals surface area contributed by atoms with E-state index in [9.17, 15) is 14.4 Å². The summed E-state index contributed by atoms with van der Waals surface area (Å²) in [4.78, 5) is 36.3. The number of benzene rings is 1. The van der Waals surface area contributed by atoms with Crippen molar-refractivity contribution in [3.05, 3.63) is 35.4 Å². The number of amides is 3. The highest BCUT2D eigenvalue weighted by atomic mass is 16.5. The van der Waals surface area contributed by atoms with Crippen molar-refractivity contribution in [2.45, 2.75) is 78.1 Å². The fourth-order valence-electron chi connectivity index (χ4n) is 3.37. The van der Waals surface area contributed by atoms with Crippen LogP contribution in [0.4, 0.5) is 4.79 Å². The van der Waals surface area contributed by atoms with Gasteiger partial charge in [-0.25, -0.2) is 9.59 Å². The van der Waals surface area contributed by atoms with Crippen molar-refractivity contribution in [2.75, 3.05) is 0 Å². The molecular weight excluding hydrogens is 370 g/mol. The van der Waals surface area contributed by atoms with Crippen LogP contribution in [0.3, 0.4) is 0 Å². The summed E-state index contributed by atoms with van der Waals surface area (Å²) in [5.74, 6) is -0.352. The molecular formula is C22H33N3O4. The molecule has 7 nitrogen and oxygen atoms in total. The zero-order valence-corrected chi connectivity index (χ0v) is 17.8. The molecule has 160 valence electrons. The zero-order valence-electron chi connectivity index (χ0n) is 17.8. The molecule has 0 radical (unpaired) electrons. The Morgan fingerprint density at radius 1 is 1.07 bits per heavy atom. The zero-order chi connectivity index (χ0) is 21.4. The minimum absolute atomic E-state index is 0.0626. The number of hydrogen-bond acceptors (Lipinski definition) is 4. The Hall–Kier alpha value is -2.57. The summed E-state index contributed by atoms with van der Waals surface area (Å²) in [6.07, 6.45) is 3.55. The van der Waals surface area contributed by atoms with E-state index >= 15 is 0 Å². The molecule has 1 fully saturated rings. The maximum atomic E-state index is 12.4. The first-order valence-electron chi connectivity index (χ1n) is 10.4. The molecule has 1 aliphatic rings. The summed E-state index contributed by atoms with van der Waals surface area (Å²) in [6, 6.07) is 6.74. The first kappa shape index (κ1) is 22.7. The van der Waals surface area contributed by atoms with Crippen LogP contribution in [0.15, 0.2) is 24.3 Å². The standard InChI is InChI=1S/C22H33N3O4/c1-14(2)24-22(28)23-13-17-9-11-18(12-10-17)21(27)29-16(4)20(26)25-19-8-6-5-7-15(19)3/h9-12,14-16,19H,5-8,13H2,1-4H3,(H,25,26)(H2,23,24,28)/t15-,16+,19-/m0/s1. The van der Waals surface area contributed by atoms with E-state index in [4.69, 9.17) is 4.74 Å². The third kappa shape index (κ3) is 7.40. The number of ether oxygens (including phenoxy) is 1. The van der Waals surface area contributed by atoms with Crippen LogP contribution < -0.4 is 16.0 Å². The summed E-state index contributed by atoms with van der Waals surface area (Å²) in [5.41, 5.74) is 1.23. The fraction of sp³-hybridized carbons (Fsp3) is 0.591. The van der Waals surface area contributed by atoms with Gasteiger partial charge >= 0.3 is 12.0 Å². The number of urea groups is 1. The molecule has 1 aliphatic carbocycles. The van der Waals surface area contributed by atoms with Gasteiger partial charge in [-0.2, -0.15) is 0 Å². The van der Waals surface area contributed by atoms with E-state index in [1.165, 1.54) is 6.42 Å². The molecule has 7 heteroatoms. The van der Waals surface area contributed by atoms with Crippen molar-refractivity contribution in [3.63, 3.8) is 0 Å². The molecule has 3 amide bonds. The van der Waals surface area contributed by atoms with Gasteiger partial charge in [0.25, 0.3) is 5.91 Å². The van der Waals surface area contributed by atoms with Crippen LogP contribution in [0.2, 0.25) is 0 Å². The van der Waals surface area contributed by atoms with Crippen LogP contribution in [0.5, 0.6) is 0 Å².